The zero-order chi connectivity index (χ0) is 25.0. The molecule has 0 spiro atoms. The molecule has 3 rings (SSSR count). The number of nitrogens with one attached hydrogen (secondary N) is 1. The summed E-state index contributed by atoms with van der Waals surface area (Å²) in [4.78, 5) is 27.2. The third kappa shape index (κ3) is 4.88. The highest BCUT2D eigenvalue weighted by molar-refractivity contribution is 7.89. The molecule has 1 atom stereocenters. The minimum atomic E-state index is -3.66. The van der Waals surface area contributed by atoms with Gasteiger partial charge in [-0.15, -0.1) is 0 Å². The van der Waals surface area contributed by atoms with Crippen molar-refractivity contribution in [1.29, 1.82) is 0 Å². The fourth-order valence-corrected chi connectivity index (χ4v) is 5.73. The number of hydrogen-bond donors (Lipinski definition) is 1. The van der Waals surface area contributed by atoms with Crippen molar-refractivity contribution in [2.24, 2.45) is 0 Å². The predicted octanol–water partition coefficient (Wildman–Crippen LogP) is 2.33. The highest BCUT2D eigenvalue weighted by Gasteiger charge is 2.38. The van der Waals surface area contributed by atoms with Crippen molar-refractivity contribution in [2.75, 3.05) is 32.2 Å². The van der Waals surface area contributed by atoms with E-state index in [0.717, 1.165) is 5.56 Å². The van der Waals surface area contributed by atoms with Crippen LogP contribution in [-0.2, 0) is 32.6 Å². The van der Waals surface area contributed by atoms with E-state index in [0.29, 0.717) is 35.8 Å². The molecule has 0 aromatic heterocycles. The monoisotopic (exact) mass is 489 g/mol. The highest BCUT2D eigenvalue weighted by Crippen LogP contribution is 2.35. The second-order valence-electron chi connectivity index (χ2n) is 7.88. The van der Waals surface area contributed by atoms with E-state index in [9.17, 15) is 18.0 Å². The Balaban J connectivity index is 1.85. The lowest BCUT2D eigenvalue weighted by Crippen LogP contribution is -2.47. The molecule has 0 unspecified atom stereocenters. The molecule has 2 aromatic carbocycles. The maximum absolute atomic E-state index is 13.1. The Kier molecular flexibility index (Phi) is 7.83. The Hall–Kier alpha value is -3.11. The SMILES string of the molecule is CCN(CC)S(=O)(=O)c1ccc2c(c1)C[C@H](C(=O)NCc1cc(OC)ccc1OC)N2C(C)=O. The lowest BCUT2D eigenvalue weighted by atomic mass is 10.1. The molecule has 0 fully saturated rings. The maximum Gasteiger partial charge on any atom is 0.243 e. The Morgan fingerprint density at radius 3 is 2.38 bits per heavy atom. The number of nitrogens with zero attached hydrogens (tertiary/aromatic N) is 2. The molecule has 0 saturated heterocycles. The third-order valence-electron chi connectivity index (χ3n) is 5.96. The molecule has 2 aromatic rings. The molecule has 0 bridgehead atoms. The van der Waals surface area contributed by atoms with E-state index in [1.807, 2.05) is 0 Å². The Bertz CT molecular complexity index is 1180. The van der Waals surface area contributed by atoms with Crippen LogP contribution in [0.2, 0.25) is 0 Å². The number of fused-ring (bicyclic) bond motifs is 1. The third-order valence-corrected chi connectivity index (χ3v) is 8.01. The van der Waals surface area contributed by atoms with Crippen LogP contribution in [0.4, 0.5) is 5.69 Å². The first-order valence-corrected chi connectivity index (χ1v) is 12.5. The summed E-state index contributed by atoms with van der Waals surface area (Å²) < 4.78 is 37.9. The van der Waals surface area contributed by atoms with Gasteiger partial charge in [0.1, 0.15) is 17.5 Å². The van der Waals surface area contributed by atoms with Crippen LogP contribution in [0.5, 0.6) is 11.5 Å². The van der Waals surface area contributed by atoms with E-state index in [1.54, 1.807) is 58.4 Å². The zero-order valence-electron chi connectivity index (χ0n) is 20.1. The van der Waals surface area contributed by atoms with Gasteiger partial charge in [-0.2, -0.15) is 4.31 Å². The van der Waals surface area contributed by atoms with E-state index >= 15 is 0 Å². The van der Waals surface area contributed by atoms with Crippen LogP contribution in [0.25, 0.3) is 0 Å². The molecular formula is C24H31N3O6S. The van der Waals surface area contributed by atoms with Gasteiger partial charge in [-0.3, -0.25) is 14.5 Å². The Labute approximate surface area is 200 Å². The zero-order valence-corrected chi connectivity index (χ0v) is 20.9. The number of carbonyl (C=O) groups is 2. The summed E-state index contributed by atoms with van der Waals surface area (Å²) in [6.07, 6.45) is 0.220. The first-order valence-electron chi connectivity index (χ1n) is 11.1. The second kappa shape index (κ2) is 10.4. The summed E-state index contributed by atoms with van der Waals surface area (Å²) in [5.74, 6) is 0.595. The number of methoxy groups -OCH3 is 2. The van der Waals surface area contributed by atoms with E-state index in [2.05, 4.69) is 5.32 Å². The number of rotatable bonds is 9. The largest absolute Gasteiger partial charge is 0.497 e. The molecule has 0 saturated carbocycles. The molecule has 34 heavy (non-hydrogen) atoms. The molecule has 0 aliphatic carbocycles. The van der Waals surface area contributed by atoms with Crippen molar-refractivity contribution in [3.8, 4) is 11.5 Å². The topological polar surface area (TPSA) is 105 Å². The summed E-state index contributed by atoms with van der Waals surface area (Å²) in [7, 11) is -0.557. The van der Waals surface area contributed by atoms with Gasteiger partial charge in [0, 0.05) is 44.2 Å². The van der Waals surface area contributed by atoms with E-state index in [1.165, 1.54) is 22.2 Å². The van der Waals surface area contributed by atoms with Crippen LogP contribution in [0.1, 0.15) is 31.9 Å². The van der Waals surface area contributed by atoms with Gasteiger partial charge in [-0.05, 0) is 42.0 Å². The van der Waals surface area contributed by atoms with Gasteiger partial charge in [0.15, 0.2) is 0 Å². The van der Waals surface area contributed by atoms with Gasteiger partial charge < -0.3 is 14.8 Å². The molecule has 1 N–H and O–H groups in total. The summed E-state index contributed by atoms with van der Waals surface area (Å²) in [5, 5.41) is 2.87. The smallest absolute Gasteiger partial charge is 0.243 e. The highest BCUT2D eigenvalue weighted by atomic mass is 32.2. The van der Waals surface area contributed by atoms with Crippen molar-refractivity contribution in [3.05, 3.63) is 47.5 Å². The lowest BCUT2D eigenvalue weighted by molar-refractivity contribution is -0.125. The fourth-order valence-electron chi connectivity index (χ4n) is 4.22. The lowest BCUT2D eigenvalue weighted by Gasteiger charge is -2.24. The van der Waals surface area contributed by atoms with Gasteiger partial charge >= 0.3 is 0 Å². The van der Waals surface area contributed by atoms with Gasteiger partial charge in [0.05, 0.1) is 19.1 Å². The average Bonchev–Trinajstić information content (AvgIpc) is 3.22. The average molecular weight is 490 g/mol. The molecule has 9 nitrogen and oxygen atoms in total. The number of carbonyl (C=O) groups excluding carboxylic acids is 2. The molecule has 10 heteroatoms. The summed E-state index contributed by atoms with van der Waals surface area (Å²) >= 11 is 0. The Morgan fingerprint density at radius 1 is 1.09 bits per heavy atom. The van der Waals surface area contributed by atoms with E-state index in [-0.39, 0.29) is 29.7 Å². The molecule has 1 heterocycles. The van der Waals surface area contributed by atoms with Crippen LogP contribution < -0.4 is 19.7 Å². The van der Waals surface area contributed by atoms with Crippen LogP contribution in [-0.4, -0.2) is 57.9 Å². The fraction of sp³-hybridized carbons (Fsp3) is 0.417. The number of ether oxygens (including phenoxy) is 2. The number of amides is 2. The van der Waals surface area contributed by atoms with Crippen molar-refractivity contribution in [1.82, 2.24) is 9.62 Å². The normalized spacial score (nSPS) is 15.2. The standard InChI is InChI=1S/C24H31N3O6S/c1-6-26(7-2)34(30,31)20-9-10-21-17(13-20)14-22(27(21)16(3)28)24(29)25-15-18-12-19(32-4)8-11-23(18)33-5/h8-13,22H,6-7,14-15H2,1-5H3,(H,25,29)/t22-/m1/s1. The number of benzene rings is 2. The van der Waals surface area contributed by atoms with Crippen LogP contribution in [0.3, 0.4) is 0 Å². The molecule has 1 aliphatic rings. The molecular weight excluding hydrogens is 458 g/mol. The molecule has 2 amide bonds. The molecule has 0 radical (unpaired) electrons. The summed E-state index contributed by atoms with van der Waals surface area (Å²) in [6.45, 7) is 5.84. The predicted molar refractivity (Wildman–Crippen MR) is 129 cm³/mol. The maximum atomic E-state index is 13.1. The van der Waals surface area contributed by atoms with Crippen molar-refractivity contribution in [3.63, 3.8) is 0 Å². The van der Waals surface area contributed by atoms with E-state index < -0.39 is 16.1 Å². The first kappa shape index (κ1) is 25.5. The van der Waals surface area contributed by atoms with Crippen LogP contribution in [0, 0.1) is 0 Å². The van der Waals surface area contributed by atoms with Crippen LogP contribution >= 0.6 is 0 Å². The number of hydrogen-bond acceptors (Lipinski definition) is 6. The van der Waals surface area contributed by atoms with Crippen molar-refractivity contribution < 1.29 is 27.5 Å². The van der Waals surface area contributed by atoms with Gasteiger partial charge in [0.2, 0.25) is 21.8 Å². The van der Waals surface area contributed by atoms with Crippen molar-refractivity contribution in [2.45, 2.75) is 44.7 Å². The van der Waals surface area contributed by atoms with Gasteiger partial charge in [-0.25, -0.2) is 8.42 Å². The Morgan fingerprint density at radius 2 is 1.79 bits per heavy atom. The minimum Gasteiger partial charge on any atom is -0.497 e. The second-order valence-corrected chi connectivity index (χ2v) is 9.82. The van der Waals surface area contributed by atoms with Crippen LogP contribution in [0.15, 0.2) is 41.3 Å². The quantitative estimate of drug-likeness (QED) is 0.580. The van der Waals surface area contributed by atoms with Gasteiger partial charge in [-0.1, -0.05) is 13.8 Å². The first-order chi connectivity index (χ1) is 16.2. The molecule has 1 aliphatic heterocycles. The number of sulfonamides is 1. The summed E-state index contributed by atoms with van der Waals surface area (Å²) in [6, 6.07) is 9.17. The van der Waals surface area contributed by atoms with E-state index in [4.69, 9.17) is 9.47 Å². The minimum absolute atomic E-state index is 0.153. The van der Waals surface area contributed by atoms with Crippen molar-refractivity contribution >= 4 is 27.5 Å². The number of anilines is 1. The molecule has 184 valence electrons. The summed E-state index contributed by atoms with van der Waals surface area (Å²) in [5.41, 5.74) is 1.92. The van der Waals surface area contributed by atoms with Gasteiger partial charge in [0.25, 0.3) is 0 Å².